The molecule has 1 unspecified atom stereocenters. The van der Waals surface area contributed by atoms with E-state index in [1.807, 2.05) is 65.7 Å². The molecular formula is C22H21N5O. The van der Waals surface area contributed by atoms with Crippen molar-refractivity contribution >= 4 is 16.9 Å². The van der Waals surface area contributed by atoms with Gasteiger partial charge >= 0.3 is 0 Å². The van der Waals surface area contributed by atoms with Gasteiger partial charge in [0.25, 0.3) is 5.91 Å². The van der Waals surface area contributed by atoms with Crippen LogP contribution in [-0.4, -0.2) is 43.6 Å². The second-order valence-corrected chi connectivity index (χ2v) is 7.24. The lowest BCUT2D eigenvalue weighted by Gasteiger charge is -2.31. The van der Waals surface area contributed by atoms with Gasteiger partial charge in [0.15, 0.2) is 0 Å². The maximum atomic E-state index is 13.0. The summed E-state index contributed by atoms with van der Waals surface area (Å²) in [6, 6.07) is 17.9. The van der Waals surface area contributed by atoms with Gasteiger partial charge in [0, 0.05) is 25.2 Å². The average molecular weight is 371 g/mol. The molecule has 4 aromatic rings. The summed E-state index contributed by atoms with van der Waals surface area (Å²) in [7, 11) is 0. The van der Waals surface area contributed by atoms with E-state index < -0.39 is 0 Å². The molecule has 1 aliphatic rings. The van der Waals surface area contributed by atoms with Crippen LogP contribution < -0.4 is 0 Å². The highest BCUT2D eigenvalue weighted by molar-refractivity contribution is 5.94. The van der Waals surface area contributed by atoms with Crippen LogP contribution in [0.1, 0.15) is 34.9 Å². The summed E-state index contributed by atoms with van der Waals surface area (Å²) in [5.41, 5.74) is 3.59. The number of fused-ring (bicyclic) bond motifs is 1. The number of carbonyl (C=O) groups excluding carboxylic acids is 1. The number of imidazole rings is 1. The van der Waals surface area contributed by atoms with Crippen LogP contribution in [0, 0.1) is 0 Å². The molecule has 0 spiro atoms. The van der Waals surface area contributed by atoms with Crippen molar-refractivity contribution in [3.63, 3.8) is 0 Å². The number of hydrogen-bond acceptors (Lipinski definition) is 3. The molecule has 6 nitrogen and oxygen atoms in total. The van der Waals surface area contributed by atoms with Gasteiger partial charge in [0.1, 0.15) is 5.82 Å². The predicted molar refractivity (Wildman–Crippen MR) is 108 cm³/mol. The maximum absolute atomic E-state index is 13.0. The number of carbonyl (C=O) groups is 1. The summed E-state index contributed by atoms with van der Waals surface area (Å²) in [5, 5.41) is 4.36. The number of rotatable bonds is 3. The molecule has 6 heteroatoms. The van der Waals surface area contributed by atoms with Gasteiger partial charge in [0.2, 0.25) is 0 Å². The minimum atomic E-state index is 0.0305. The van der Waals surface area contributed by atoms with Gasteiger partial charge in [-0.2, -0.15) is 5.10 Å². The zero-order valence-corrected chi connectivity index (χ0v) is 15.5. The van der Waals surface area contributed by atoms with Crippen molar-refractivity contribution in [1.29, 1.82) is 0 Å². The van der Waals surface area contributed by atoms with Crippen molar-refractivity contribution in [2.75, 3.05) is 13.1 Å². The lowest BCUT2D eigenvalue weighted by molar-refractivity contribution is 0.0705. The van der Waals surface area contributed by atoms with Crippen LogP contribution in [0.3, 0.4) is 0 Å². The average Bonchev–Trinajstić information content (AvgIpc) is 3.41. The van der Waals surface area contributed by atoms with Crippen molar-refractivity contribution in [3.8, 4) is 5.69 Å². The third-order valence-electron chi connectivity index (χ3n) is 5.35. The van der Waals surface area contributed by atoms with Gasteiger partial charge in [-0.15, -0.1) is 0 Å². The van der Waals surface area contributed by atoms with Gasteiger partial charge < -0.3 is 9.88 Å². The number of H-pyrrole nitrogens is 1. The maximum Gasteiger partial charge on any atom is 0.257 e. The minimum absolute atomic E-state index is 0.0305. The molecule has 3 heterocycles. The summed E-state index contributed by atoms with van der Waals surface area (Å²) < 4.78 is 1.74. The Morgan fingerprint density at radius 3 is 2.75 bits per heavy atom. The molecule has 1 amide bonds. The molecule has 0 radical (unpaired) electrons. The lowest BCUT2D eigenvalue weighted by Crippen LogP contribution is -2.39. The second kappa shape index (κ2) is 6.96. The highest BCUT2D eigenvalue weighted by Gasteiger charge is 2.28. The monoisotopic (exact) mass is 371 g/mol. The summed E-state index contributed by atoms with van der Waals surface area (Å²) >= 11 is 0. The smallest absolute Gasteiger partial charge is 0.257 e. The molecule has 0 bridgehead atoms. The molecule has 1 N–H and O–H groups in total. The van der Waals surface area contributed by atoms with E-state index in [1.54, 1.807) is 10.9 Å². The van der Waals surface area contributed by atoms with E-state index in [2.05, 4.69) is 10.1 Å². The molecule has 5 rings (SSSR count). The van der Waals surface area contributed by atoms with E-state index in [0.717, 1.165) is 41.9 Å². The Balaban J connectivity index is 1.35. The van der Waals surface area contributed by atoms with E-state index in [-0.39, 0.29) is 11.8 Å². The Hall–Kier alpha value is -3.41. The van der Waals surface area contributed by atoms with Gasteiger partial charge in [-0.1, -0.05) is 30.3 Å². The third-order valence-corrected chi connectivity index (χ3v) is 5.35. The SMILES string of the molecule is O=C(c1cnn(-c2ccccc2)c1)N1CCCC(c2nc3ccccc3[nH]2)C1. The number of likely N-dealkylation sites (tertiary alicyclic amines) is 1. The molecule has 2 aromatic heterocycles. The molecule has 28 heavy (non-hydrogen) atoms. The molecule has 1 aliphatic heterocycles. The molecular weight excluding hydrogens is 350 g/mol. The first kappa shape index (κ1) is 16.7. The number of nitrogens with zero attached hydrogens (tertiary/aromatic N) is 4. The first-order valence-electron chi connectivity index (χ1n) is 9.62. The second-order valence-electron chi connectivity index (χ2n) is 7.24. The quantitative estimate of drug-likeness (QED) is 0.596. The van der Waals surface area contributed by atoms with Crippen LogP contribution in [0.15, 0.2) is 67.0 Å². The molecule has 2 aromatic carbocycles. The van der Waals surface area contributed by atoms with Crippen molar-refractivity contribution in [3.05, 3.63) is 78.4 Å². The Labute approximate surface area is 162 Å². The first-order chi connectivity index (χ1) is 13.8. The van der Waals surface area contributed by atoms with Crippen LogP contribution in [0.5, 0.6) is 0 Å². The normalized spacial score (nSPS) is 17.1. The number of aromatic nitrogens is 4. The summed E-state index contributed by atoms with van der Waals surface area (Å²) in [6.45, 7) is 1.45. The standard InChI is InChI=1S/C22H21N5O/c28-22(17-13-23-27(15-17)18-8-2-1-3-9-18)26-12-6-7-16(14-26)21-24-19-10-4-5-11-20(19)25-21/h1-5,8-11,13,15-16H,6-7,12,14H2,(H,24,25). The van der Waals surface area contributed by atoms with Gasteiger partial charge in [-0.05, 0) is 37.1 Å². The molecule has 140 valence electrons. The van der Waals surface area contributed by atoms with Crippen LogP contribution in [-0.2, 0) is 0 Å². The molecule has 1 fully saturated rings. The van der Waals surface area contributed by atoms with Crippen LogP contribution >= 0.6 is 0 Å². The van der Waals surface area contributed by atoms with Crippen molar-refractivity contribution in [2.45, 2.75) is 18.8 Å². The molecule has 1 atom stereocenters. The summed E-state index contributed by atoms with van der Waals surface area (Å²) in [4.78, 5) is 23.1. The van der Waals surface area contributed by atoms with E-state index >= 15 is 0 Å². The summed E-state index contributed by atoms with van der Waals surface area (Å²) in [6.07, 6.45) is 5.47. The topological polar surface area (TPSA) is 66.8 Å². The number of aromatic amines is 1. The Morgan fingerprint density at radius 1 is 1.07 bits per heavy atom. The van der Waals surface area contributed by atoms with Crippen molar-refractivity contribution in [1.82, 2.24) is 24.6 Å². The highest BCUT2D eigenvalue weighted by atomic mass is 16.2. The fourth-order valence-corrected chi connectivity index (χ4v) is 3.89. The van der Waals surface area contributed by atoms with E-state index in [0.29, 0.717) is 12.1 Å². The Kier molecular flexibility index (Phi) is 4.16. The number of para-hydroxylation sites is 3. The number of piperidine rings is 1. The summed E-state index contributed by atoms with van der Waals surface area (Å²) in [5.74, 6) is 1.23. The zero-order valence-electron chi connectivity index (χ0n) is 15.5. The van der Waals surface area contributed by atoms with Crippen LogP contribution in [0.2, 0.25) is 0 Å². The first-order valence-corrected chi connectivity index (χ1v) is 9.62. The molecule has 0 saturated carbocycles. The lowest BCUT2D eigenvalue weighted by atomic mass is 9.97. The fourth-order valence-electron chi connectivity index (χ4n) is 3.89. The van der Waals surface area contributed by atoms with E-state index in [1.165, 1.54) is 0 Å². The van der Waals surface area contributed by atoms with Gasteiger partial charge in [0.05, 0.1) is 28.5 Å². The number of benzene rings is 2. The number of hydrogen-bond donors (Lipinski definition) is 1. The Bertz CT molecular complexity index is 1080. The van der Waals surface area contributed by atoms with Crippen LogP contribution in [0.25, 0.3) is 16.7 Å². The molecule has 1 saturated heterocycles. The van der Waals surface area contributed by atoms with E-state index in [4.69, 9.17) is 4.98 Å². The molecule has 0 aliphatic carbocycles. The zero-order chi connectivity index (χ0) is 18.9. The predicted octanol–water partition coefficient (Wildman–Crippen LogP) is 3.77. The van der Waals surface area contributed by atoms with E-state index in [9.17, 15) is 4.79 Å². The Morgan fingerprint density at radius 2 is 1.89 bits per heavy atom. The number of nitrogens with one attached hydrogen (secondary N) is 1. The van der Waals surface area contributed by atoms with Crippen molar-refractivity contribution < 1.29 is 4.79 Å². The minimum Gasteiger partial charge on any atom is -0.342 e. The van der Waals surface area contributed by atoms with Gasteiger partial charge in [-0.25, -0.2) is 9.67 Å². The van der Waals surface area contributed by atoms with Crippen LogP contribution in [0.4, 0.5) is 0 Å². The van der Waals surface area contributed by atoms with Crippen molar-refractivity contribution in [2.24, 2.45) is 0 Å². The number of amides is 1. The third kappa shape index (κ3) is 3.07. The largest absolute Gasteiger partial charge is 0.342 e. The van der Waals surface area contributed by atoms with Gasteiger partial charge in [-0.3, -0.25) is 4.79 Å². The fraction of sp³-hybridized carbons (Fsp3) is 0.227. The highest BCUT2D eigenvalue weighted by Crippen LogP contribution is 2.27.